The first kappa shape index (κ1) is 26.7. The van der Waals surface area contributed by atoms with E-state index < -0.39 is 5.92 Å². The molecule has 5 nitrogen and oxygen atoms in total. The van der Waals surface area contributed by atoms with Crippen LogP contribution in [0, 0.1) is 5.92 Å². The van der Waals surface area contributed by atoms with Gasteiger partial charge < -0.3 is 9.47 Å². The van der Waals surface area contributed by atoms with E-state index in [1.807, 2.05) is 66.7 Å². The van der Waals surface area contributed by atoms with Gasteiger partial charge in [0.05, 0.1) is 12.3 Å². The maximum Gasteiger partial charge on any atom is 0.180 e. The average molecular weight is 544 g/mol. The Labute approximate surface area is 240 Å². The van der Waals surface area contributed by atoms with Crippen molar-refractivity contribution in [3.63, 3.8) is 0 Å². The monoisotopic (exact) mass is 543 g/mol. The largest absolute Gasteiger partial charge is 0.491 e. The molecule has 0 bridgehead atoms. The molecule has 2 unspecified atom stereocenters. The molecule has 0 radical (unpaired) electrons. The molecule has 1 aromatic heterocycles. The van der Waals surface area contributed by atoms with Gasteiger partial charge in [-0.1, -0.05) is 81.6 Å². The second kappa shape index (κ2) is 11.5. The normalized spacial score (nSPS) is 15.3. The Kier molecular flexibility index (Phi) is 7.51. The van der Waals surface area contributed by atoms with Crippen LogP contribution in [0.3, 0.4) is 0 Å². The Hall–Kier alpha value is -4.51. The number of ether oxygens (including phenoxy) is 2. The lowest BCUT2D eigenvalue weighted by atomic mass is 9.98. The third-order valence-corrected chi connectivity index (χ3v) is 8.02. The summed E-state index contributed by atoms with van der Waals surface area (Å²) in [5.74, 6) is 0.860. The number of carbonyl (C=O) groups is 2. The van der Waals surface area contributed by atoms with E-state index in [0.717, 1.165) is 29.0 Å². The Bertz CT molecular complexity index is 1760. The topological polar surface area (TPSA) is 65.5 Å². The maximum absolute atomic E-state index is 13.6. The zero-order valence-corrected chi connectivity index (χ0v) is 23.4. The van der Waals surface area contributed by atoms with Crippen LogP contribution in [0.25, 0.3) is 21.7 Å². The number of carbonyl (C=O) groups excluding carboxylic acids is 2. The van der Waals surface area contributed by atoms with E-state index >= 15 is 0 Å². The van der Waals surface area contributed by atoms with E-state index in [-0.39, 0.29) is 11.6 Å². The van der Waals surface area contributed by atoms with Crippen LogP contribution in [0.5, 0.6) is 17.2 Å². The molecule has 0 fully saturated rings. The molecule has 1 aliphatic carbocycles. The summed E-state index contributed by atoms with van der Waals surface area (Å²) in [7, 11) is 0. The molecule has 6 rings (SSSR count). The fourth-order valence-corrected chi connectivity index (χ4v) is 5.59. The number of Topliss-reactive ketones (excluding diaryl/α,β-unsaturated/α-hetero) is 2. The van der Waals surface area contributed by atoms with Crippen LogP contribution in [0.15, 0.2) is 91.0 Å². The number of benzene rings is 4. The molecule has 0 amide bonds. The highest BCUT2D eigenvalue weighted by atomic mass is 16.5. The van der Waals surface area contributed by atoms with Gasteiger partial charge in [-0.2, -0.15) is 0 Å². The van der Waals surface area contributed by atoms with Crippen LogP contribution in [0.1, 0.15) is 71.9 Å². The summed E-state index contributed by atoms with van der Waals surface area (Å²) in [6, 6.07) is 28.5. The second-order valence-electron chi connectivity index (χ2n) is 10.8. The number of fused-ring (bicyclic) bond motifs is 3. The summed E-state index contributed by atoms with van der Waals surface area (Å²) in [5, 5.41) is 3.10. The van der Waals surface area contributed by atoms with Gasteiger partial charge in [0.15, 0.2) is 11.6 Å². The summed E-state index contributed by atoms with van der Waals surface area (Å²) in [5.41, 5.74) is 1.88. The molecule has 5 heteroatoms. The fourth-order valence-electron chi connectivity index (χ4n) is 5.59. The number of aromatic nitrogens is 1. The molecule has 5 aromatic rings. The van der Waals surface area contributed by atoms with Crippen LogP contribution < -0.4 is 9.47 Å². The number of nitrogens with zero attached hydrogens (tertiary/aromatic N) is 1. The van der Waals surface area contributed by atoms with Crippen molar-refractivity contribution in [3.05, 3.63) is 108 Å². The molecule has 1 heterocycles. The van der Waals surface area contributed by atoms with Crippen molar-refractivity contribution in [2.24, 2.45) is 5.92 Å². The first-order valence-corrected chi connectivity index (χ1v) is 14.5. The molecule has 0 spiro atoms. The number of ketones is 2. The average Bonchev–Trinajstić information content (AvgIpc) is 3.25. The van der Waals surface area contributed by atoms with Crippen LogP contribution in [-0.2, 0) is 0 Å². The zero-order chi connectivity index (χ0) is 28.3. The summed E-state index contributed by atoms with van der Waals surface area (Å²) in [6.45, 7) is 5.01. The Morgan fingerprint density at radius 3 is 2.32 bits per heavy atom. The first-order chi connectivity index (χ1) is 20.1. The van der Waals surface area contributed by atoms with Crippen molar-refractivity contribution in [1.29, 1.82) is 0 Å². The molecule has 0 saturated heterocycles. The number of hydrogen-bond donors (Lipinski definition) is 0. The fraction of sp³-hybridized carbons (Fsp3) is 0.250. The number of para-hydroxylation sites is 1. The van der Waals surface area contributed by atoms with Gasteiger partial charge in [-0.05, 0) is 65.6 Å². The molecule has 0 N–H and O–H groups in total. The van der Waals surface area contributed by atoms with E-state index in [0.29, 0.717) is 52.1 Å². The van der Waals surface area contributed by atoms with Crippen molar-refractivity contribution in [1.82, 2.24) is 4.98 Å². The van der Waals surface area contributed by atoms with E-state index in [9.17, 15) is 9.59 Å². The van der Waals surface area contributed by atoms with Crippen LogP contribution in [0.4, 0.5) is 0 Å². The predicted octanol–water partition coefficient (Wildman–Crippen LogP) is 8.94. The van der Waals surface area contributed by atoms with Crippen molar-refractivity contribution in [2.75, 3.05) is 6.61 Å². The van der Waals surface area contributed by atoms with E-state index in [1.54, 1.807) is 24.3 Å². The number of rotatable bonds is 10. The van der Waals surface area contributed by atoms with Gasteiger partial charge in [-0.3, -0.25) is 9.59 Å². The summed E-state index contributed by atoms with van der Waals surface area (Å²) in [4.78, 5) is 31.9. The van der Waals surface area contributed by atoms with Crippen LogP contribution in [0.2, 0.25) is 0 Å². The Morgan fingerprint density at radius 2 is 1.49 bits per heavy atom. The molecule has 206 valence electrons. The summed E-state index contributed by atoms with van der Waals surface area (Å²) >= 11 is 0. The summed E-state index contributed by atoms with van der Waals surface area (Å²) in [6.07, 6.45) is 4.53. The van der Waals surface area contributed by atoms with Crippen molar-refractivity contribution in [3.8, 4) is 17.2 Å². The van der Waals surface area contributed by atoms with Gasteiger partial charge >= 0.3 is 0 Å². The summed E-state index contributed by atoms with van der Waals surface area (Å²) < 4.78 is 12.3. The third-order valence-electron chi connectivity index (χ3n) is 8.02. The van der Waals surface area contributed by atoms with Crippen LogP contribution >= 0.6 is 0 Å². The highest BCUT2D eigenvalue weighted by molar-refractivity contribution is 6.29. The highest BCUT2D eigenvalue weighted by Gasteiger charge is 2.41. The van der Waals surface area contributed by atoms with Crippen molar-refractivity contribution >= 4 is 33.2 Å². The standard InChI is InChI=1S/C36H33NO4/c1-3-5-9-23(4-2)22-40-32-13-8-12-25-15-19-31(37-34(25)32)33-35(38)29-18-17-28(21-30(29)36(33)39)41-27-16-14-24-10-6-7-11-26(24)20-27/h6-8,10-21,23,33H,3-5,9,22H2,1-2H3. The molecule has 41 heavy (non-hydrogen) atoms. The zero-order valence-electron chi connectivity index (χ0n) is 23.4. The lowest BCUT2D eigenvalue weighted by molar-refractivity contribution is 0.0888. The van der Waals surface area contributed by atoms with E-state index in [4.69, 9.17) is 14.5 Å². The Morgan fingerprint density at radius 1 is 0.756 bits per heavy atom. The minimum atomic E-state index is -0.980. The van der Waals surface area contributed by atoms with Gasteiger partial charge in [-0.25, -0.2) is 4.98 Å². The molecule has 2 atom stereocenters. The highest BCUT2D eigenvalue weighted by Crippen LogP contribution is 2.38. The van der Waals surface area contributed by atoms with Crippen LogP contribution in [-0.4, -0.2) is 23.2 Å². The van der Waals surface area contributed by atoms with E-state index in [2.05, 4.69) is 13.8 Å². The molecule has 4 aromatic carbocycles. The predicted molar refractivity (Wildman–Crippen MR) is 162 cm³/mol. The minimum absolute atomic E-state index is 0.238. The van der Waals surface area contributed by atoms with Gasteiger partial charge in [0.25, 0.3) is 0 Å². The first-order valence-electron chi connectivity index (χ1n) is 14.5. The minimum Gasteiger partial charge on any atom is -0.491 e. The Balaban J connectivity index is 1.25. The molecule has 0 saturated carbocycles. The molecule has 1 aliphatic rings. The third kappa shape index (κ3) is 5.32. The number of unbranched alkanes of at least 4 members (excludes halogenated alkanes) is 1. The van der Waals surface area contributed by atoms with Crippen molar-refractivity contribution < 1.29 is 19.1 Å². The quantitative estimate of drug-likeness (QED) is 0.165. The van der Waals surface area contributed by atoms with Gasteiger partial charge in [-0.15, -0.1) is 0 Å². The van der Waals surface area contributed by atoms with Gasteiger partial charge in [0.1, 0.15) is 28.7 Å². The molecular weight excluding hydrogens is 510 g/mol. The lowest BCUT2D eigenvalue weighted by Crippen LogP contribution is -2.15. The van der Waals surface area contributed by atoms with E-state index in [1.165, 1.54) is 12.8 Å². The van der Waals surface area contributed by atoms with Gasteiger partial charge in [0.2, 0.25) is 0 Å². The number of pyridine rings is 1. The molecule has 0 aliphatic heterocycles. The smallest absolute Gasteiger partial charge is 0.180 e. The molecular formula is C36H33NO4. The second-order valence-corrected chi connectivity index (χ2v) is 10.8. The maximum atomic E-state index is 13.6. The SMILES string of the molecule is CCCCC(CC)COc1cccc2ccc(C3C(=O)c4ccc(Oc5ccc6ccccc6c5)cc4C3=O)nc12. The lowest BCUT2D eigenvalue weighted by Gasteiger charge is -2.17. The van der Waals surface area contributed by atoms with Gasteiger partial charge in [0, 0.05) is 16.5 Å². The number of hydrogen-bond acceptors (Lipinski definition) is 5. The van der Waals surface area contributed by atoms with Crippen molar-refractivity contribution in [2.45, 2.75) is 45.4 Å².